The lowest BCUT2D eigenvalue weighted by molar-refractivity contribution is -0.126. The van der Waals surface area contributed by atoms with Crippen LogP contribution < -0.4 is 10.1 Å². The molecule has 1 fully saturated rings. The van der Waals surface area contributed by atoms with E-state index in [9.17, 15) is 9.59 Å². The van der Waals surface area contributed by atoms with E-state index in [1.54, 1.807) is 18.3 Å². The van der Waals surface area contributed by atoms with E-state index in [0.717, 1.165) is 25.1 Å². The van der Waals surface area contributed by atoms with Gasteiger partial charge in [0.2, 0.25) is 5.91 Å². The van der Waals surface area contributed by atoms with Gasteiger partial charge in [0.05, 0.1) is 0 Å². The van der Waals surface area contributed by atoms with Gasteiger partial charge in [0.15, 0.2) is 17.7 Å². The fraction of sp³-hybridized carbons (Fsp3) is 0.360. The number of aromatic nitrogens is 2. The number of ether oxygens (including phenoxy) is 1. The summed E-state index contributed by atoms with van der Waals surface area (Å²) in [7, 11) is 0. The highest BCUT2D eigenvalue weighted by Gasteiger charge is 2.37. The number of carbonyl (C=O) groups excluding carboxylic acids is 2. The third-order valence-corrected chi connectivity index (χ3v) is 6.40. The van der Waals surface area contributed by atoms with Crippen molar-refractivity contribution in [1.29, 1.82) is 0 Å². The lowest BCUT2D eigenvalue weighted by Crippen LogP contribution is -2.40. The molecule has 0 spiro atoms. The molecule has 0 saturated carbocycles. The first-order valence-electron chi connectivity index (χ1n) is 11.0. The van der Waals surface area contributed by atoms with Crippen molar-refractivity contribution in [2.45, 2.75) is 26.4 Å². The second-order valence-electron chi connectivity index (χ2n) is 9.02. The Labute approximate surface area is 187 Å². The van der Waals surface area contributed by atoms with Crippen LogP contribution in [0.5, 0.6) is 5.75 Å². The van der Waals surface area contributed by atoms with Crippen LogP contribution in [0.1, 0.15) is 31.4 Å². The van der Waals surface area contributed by atoms with Crippen molar-refractivity contribution >= 4 is 29.3 Å². The first-order valence-corrected chi connectivity index (χ1v) is 11.0. The zero-order valence-electron chi connectivity index (χ0n) is 18.2. The van der Waals surface area contributed by atoms with Crippen molar-refractivity contribution in [2.75, 3.05) is 18.4 Å². The topological polar surface area (TPSA) is 84.4 Å². The molecule has 1 aliphatic carbocycles. The summed E-state index contributed by atoms with van der Waals surface area (Å²) in [6, 6.07) is 5.90. The van der Waals surface area contributed by atoms with Crippen molar-refractivity contribution in [2.24, 2.45) is 17.8 Å². The van der Waals surface area contributed by atoms with Gasteiger partial charge in [-0.1, -0.05) is 19.9 Å². The molecule has 0 radical (unpaired) electrons. The van der Waals surface area contributed by atoms with Crippen molar-refractivity contribution in [3.63, 3.8) is 0 Å². The van der Waals surface area contributed by atoms with E-state index < -0.39 is 6.10 Å². The average molecular weight is 431 g/mol. The van der Waals surface area contributed by atoms with Crippen LogP contribution in [0.15, 0.2) is 48.9 Å². The first-order chi connectivity index (χ1) is 15.5. The summed E-state index contributed by atoms with van der Waals surface area (Å²) in [6.45, 7) is 5.39. The predicted molar refractivity (Wildman–Crippen MR) is 122 cm³/mol. The highest BCUT2D eigenvalue weighted by Crippen LogP contribution is 2.41. The Bertz CT molecular complexity index is 1110. The van der Waals surface area contributed by atoms with Gasteiger partial charge in [-0.3, -0.25) is 14.6 Å². The molecule has 2 amide bonds. The van der Waals surface area contributed by atoms with Gasteiger partial charge in [-0.25, -0.2) is 4.98 Å². The van der Waals surface area contributed by atoms with E-state index in [0.29, 0.717) is 23.4 Å². The standard InChI is InChI=1S/C25H26N4O3/c1-15(2)23-25(31)28-24-21(32-23)9-16(12-27-24)3-4-22(30)29-13-19-10-18(11-20(19)14-29)17-5-7-26-8-6-17/h3-10,12,15,19-20,23H,11,13-14H2,1-2H3,(H,27,28,31). The molecule has 2 aromatic rings. The molecular weight excluding hydrogens is 404 g/mol. The molecule has 3 atom stereocenters. The second kappa shape index (κ2) is 8.22. The number of allylic oxidation sites excluding steroid dienone is 1. The van der Waals surface area contributed by atoms with Crippen LogP contribution in [-0.4, -0.2) is 45.9 Å². The van der Waals surface area contributed by atoms with E-state index in [4.69, 9.17) is 4.74 Å². The molecule has 2 aliphatic heterocycles. The van der Waals surface area contributed by atoms with Gasteiger partial charge in [-0.15, -0.1) is 0 Å². The number of anilines is 1. The van der Waals surface area contributed by atoms with Crippen molar-refractivity contribution in [1.82, 2.24) is 14.9 Å². The fourth-order valence-corrected chi connectivity index (χ4v) is 4.69. The van der Waals surface area contributed by atoms with E-state index in [2.05, 4.69) is 21.4 Å². The Morgan fingerprint density at radius 1 is 1.28 bits per heavy atom. The Hall–Kier alpha value is -3.48. The number of hydrogen-bond acceptors (Lipinski definition) is 5. The van der Waals surface area contributed by atoms with Crippen molar-refractivity contribution in [3.05, 3.63) is 60.1 Å². The Kier molecular flexibility index (Phi) is 5.25. The van der Waals surface area contributed by atoms with Crippen LogP contribution in [0.3, 0.4) is 0 Å². The van der Waals surface area contributed by atoms with Gasteiger partial charge in [0.25, 0.3) is 5.91 Å². The predicted octanol–water partition coefficient (Wildman–Crippen LogP) is 3.41. The highest BCUT2D eigenvalue weighted by molar-refractivity contribution is 5.97. The Morgan fingerprint density at radius 3 is 2.84 bits per heavy atom. The molecule has 0 bridgehead atoms. The molecular formula is C25H26N4O3. The molecule has 1 N–H and O–H groups in total. The number of rotatable bonds is 4. The third kappa shape index (κ3) is 3.90. The maximum Gasteiger partial charge on any atom is 0.266 e. The Balaban J connectivity index is 1.23. The SMILES string of the molecule is CC(C)C1Oc2cc(C=CC(=O)N3CC4C=C(c5ccncc5)CC4C3)cnc2NC1=O. The molecule has 164 valence electrons. The average Bonchev–Trinajstić information content (AvgIpc) is 3.37. The highest BCUT2D eigenvalue weighted by atomic mass is 16.5. The minimum Gasteiger partial charge on any atom is -0.476 e. The van der Waals surface area contributed by atoms with Crippen molar-refractivity contribution < 1.29 is 14.3 Å². The van der Waals surface area contributed by atoms with Crippen molar-refractivity contribution in [3.8, 4) is 5.75 Å². The minimum absolute atomic E-state index is 0.00487. The largest absolute Gasteiger partial charge is 0.476 e. The molecule has 7 nitrogen and oxygen atoms in total. The van der Waals surface area contributed by atoms with Gasteiger partial charge in [-0.05, 0) is 65.1 Å². The molecule has 2 aromatic heterocycles. The number of nitrogens with one attached hydrogen (secondary N) is 1. The number of carbonyl (C=O) groups is 2. The summed E-state index contributed by atoms with van der Waals surface area (Å²) < 4.78 is 5.84. The summed E-state index contributed by atoms with van der Waals surface area (Å²) in [5.74, 6) is 1.70. The number of likely N-dealkylation sites (tertiary alicyclic amines) is 1. The van der Waals surface area contributed by atoms with E-state index in [1.807, 2.05) is 49.3 Å². The summed E-state index contributed by atoms with van der Waals surface area (Å²) in [6.07, 6.45) is 11.4. The third-order valence-electron chi connectivity index (χ3n) is 6.40. The molecule has 7 heteroatoms. The van der Waals surface area contributed by atoms with Crippen LogP contribution in [0.25, 0.3) is 11.6 Å². The number of nitrogens with zero attached hydrogens (tertiary/aromatic N) is 3. The van der Waals surface area contributed by atoms with Crippen LogP contribution in [0.4, 0.5) is 5.82 Å². The number of hydrogen-bond donors (Lipinski definition) is 1. The summed E-state index contributed by atoms with van der Waals surface area (Å²) in [4.78, 5) is 35.1. The van der Waals surface area contributed by atoms with Gasteiger partial charge in [0, 0.05) is 37.8 Å². The maximum absolute atomic E-state index is 12.8. The lowest BCUT2D eigenvalue weighted by atomic mass is 9.99. The quantitative estimate of drug-likeness (QED) is 0.752. The van der Waals surface area contributed by atoms with Crippen LogP contribution in [0.2, 0.25) is 0 Å². The fourth-order valence-electron chi connectivity index (χ4n) is 4.69. The molecule has 3 aliphatic rings. The van der Waals surface area contributed by atoms with E-state index in [-0.39, 0.29) is 17.7 Å². The molecule has 32 heavy (non-hydrogen) atoms. The van der Waals surface area contributed by atoms with Crippen LogP contribution in [0, 0.1) is 17.8 Å². The number of fused-ring (bicyclic) bond motifs is 2. The molecule has 3 unspecified atom stereocenters. The van der Waals surface area contributed by atoms with Crippen LogP contribution in [-0.2, 0) is 9.59 Å². The molecule has 5 rings (SSSR count). The number of pyridine rings is 2. The molecule has 4 heterocycles. The molecule has 1 saturated heterocycles. The number of amides is 2. The smallest absolute Gasteiger partial charge is 0.266 e. The normalized spacial score (nSPS) is 24.2. The van der Waals surface area contributed by atoms with E-state index in [1.165, 1.54) is 11.1 Å². The summed E-state index contributed by atoms with van der Waals surface area (Å²) >= 11 is 0. The first kappa shape index (κ1) is 20.4. The Morgan fingerprint density at radius 2 is 2.09 bits per heavy atom. The zero-order valence-corrected chi connectivity index (χ0v) is 18.2. The van der Waals surface area contributed by atoms with Gasteiger partial charge < -0.3 is 15.0 Å². The van der Waals surface area contributed by atoms with Gasteiger partial charge >= 0.3 is 0 Å². The second-order valence-corrected chi connectivity index (χ2v) is 9.02. The summed E-state index contributed by atoms with van der Waals surface area (Å²) in [5.41, 5.74) is 3.34. The van der Waals surface area contributed by atoms with Gasteiger partial charge in [0.1, 0.15) is 0 Å². The zero-order chi connectivity index (χ0) is 22.2. The molecule has 0 aromatic carbocycles. The van der Waals surface area contributed by atoms with Gasteiger partial charge in [-0.2, -0.15) is 0 Å². The maximum atomic E-state index is 12.8. The van der Waals surface area contributed by atoms with Crippen LogP contribution >= 0.6 is 0 Å². The monoisotopic (exact) mass is 430 g/mol. The minimum atomic E-state index is -0.542. The van der Waals surface area contributed by atoms with E-state index >= 15 is 0 Å². The lowest BCUT2D eigenvalue weighted by Gasteiger charge is -2.27. The summed E-state index contributed by atoms with van der Waals surface area (Å²) in [5, 5.41) is 2.78.